The van der Waals surface area contributed by atoms with E-state index in [-0.39, 0.29) is 12.5 Å². The minimum absolute atomic E-state index is 0.00548. The molecular formula is C12H13FIN3O2. The highest BCUT2D eigenvalue weighted by Gasteiger charge is 2.33. The zero-order valence-electron chi connectivity index (χ0n) is 10.2. The molecule has 0 bridgehead atoms. The van der Waals surface area contributed by atoms with Gasteiger partial charge in [0.05, 0.1) is 21.5 Å². The molecule has 1 atom stereocenters. The number of amides is 2. The summed E-state index contributed by atoms with van der Waals surface area (Å²) in [5.41, 5.74) is 6.61. The lowest BCUT2D eigenvalue weighted by Crippen LogP contribution is -2.58. The highest BCUT2D eigenvalue weighted by molar-refractivity contribution is 14.1. The lowest BCUT2D eigenvalue weighted by atomic mass is 10.1. The average Bonchev–Trinajstić information content (AvgIpc) is 2.33. The molecule has 0 radical (unpaired) electrons. The van der Waals surface area contributed by atoms with Gasteiger partial charge >= 0.3 is 0 Å². The summed E-state index contributed by atoms with van der Waals surface area (Å²) in [6.45, 7) is 1.82. The number of hydrogen-bond acceptors (Lipinski definition) is 4. The van der Waals surface area contributed by atoms with Crippen molar-refractivity contribution in [2.75, 3.05) is 17.2 Å². The van der Waals surface area contributed by atoms with Crippen molar-refractivity contribution in [3.8, 4) is 0 Å². The van der Waals surface area contributed by atoms with Crippen LogP contribution < -0.4 is 16.0 Å². The molecule has 0 aliphatic carbocycles. The van der Waals surface area contributed by atoms with E-state index in [1.54, 1.807) is 4.90 Å². The number of rotatable bonds is 2. The topological polar surface area (TPSA) is 75.4 Å². The van der Waals surface area contributed by atoms with E-state index in [0.717, 1.165) is 0 Å². The maximum Gasteiger partial charge on any atom is 0.249 e. The smallest absolute Gasteiger partial charge is 0.249 e. The molecule has 1 heterocycles. The van der Waals surface area contributed by atoms with Crippen molar-refractivity contribution < 1.29 is 14.0 Å². The summed E-state index contributed by atoms with van der Waals surface area (Å²) in [5.74, 6) is -1.21. The van der Waals surface area contributed by atoms with Crippen molar-refractivity contribution in [1.82, 2.24) is 5.32 Å². The number of nitrogens with one attached hydrogen (secondary N) is 1. The van der Waals surface area contributed by atoms with Crippen molar-refractivity contribution in [3.63, 3.8) is 0 Å². The molecule has 0 aromatic heterocycles. The molecule has 3 N–H and O–H groups in total. The molecule has 102 valence electrons. The summed E-state index contributed by atoms with van der Waals surface area (Å²) in [7, 11) is 0. The number of nitrogens with zero attached hydrogens (tertiary/aromatic N) is 1. The number of hydrogen-bond donors (Lipinski definition) is 2. The molecule has 1 aromatic carbocycles. The van der Waals surface area contributed by atoms with Crippen LogP contribution in [0.1, 0.15) is 13.3 Å². The highest BCUT2D eigenvalue weighted by atomic mass is 127. The molecule has 7 heteroatoms. The van der Waals surface area contributed by atoms with E-state index in [4.69, 9.17) is 5.73 Å². The van der Waals surface area contributed by atoms with Gasteiger partial charge in [-0.2, -0.15) is 0 Å². The van der Waals surface area contributed by atoms with Crippen molar-refractivity contribution in [1.29, 1.82) is 0 Å². The number of piperazine rings is 1. The summed E-state index contributed by atoms with van der Waals surface area (Å²) >= 11 is 1.84. The molecule has 1 unspecified atom stereocenters. The average molecular weight is 377 g/mol. The first kappa shape index (κ1) is 14.0. The van der Waals surface area contributed by atoms with Crippen molar-refractivity contribution >= 4 is 45.8 Å². The van der Waals surface area contributed by atoms with E-state index < -0.39 is 17.8 Å². The van der Waals surface area contributed by atoms with Crippen molar-refractivity contribution in [2.24, 2.45) is 0 Å². The number of carbonyl (C=O) groups excluding carboxylic acids is 2. The van der Waals surface area contributed by atoms with E-state index in [9.17, 15) is 14.0 Å². The fraction of sp³-hybridized carbons (Fsp3) is 0.333. The van der Waals surface area contributed by atoms with Crippen LogP contribution in [0.15, 0.2) is 12.1 Å². The van der Waals surface area contributed by atoms with E-state index in [1.807, 2.05) is 29.5 Å². The Morgan fingerprint density at radius 1 is 1.53 bits per heavy atom. The lowest BCUT2D eigenvalue weighted by molar-refractivity contribution is -0.132. The molecule has 1 fully saturated rings. The lowest BCUT2D eigenvalue weighted by Gasteiger charge is -2.35. The third kappa shape index (κ3) is 2.65. The Hall–Kier alpha value is -1.38. The molecule has 2 rings (SSSR count). The molecule has 1 aromatic rings. The van der Waals surface area contributed by atoms with Gasteiger partial charge in [0.2, 0.25) is 11.8 Å². The van der Waals surface area contributed by atoms with E-state index in [2.05, 4.69) is 5.32 Å². The van der Waals surface area contributed by atoms with Gasteiger partial charge in [-0.15, -0.1) is 0 Å². The second-order valence-corrected chi connectivity index (χ2v) is 5.45. The standard InChI is InChI=1S/C12H13FIN3O2/c1-2-9-12(19)16-11(18)5-17(9)10-3-6(13)7(14)4-8(10)15/h3-4,9H,2,5,15H2,1H3,(H,16,18,19). The zero-order chi connectivity index (χ0) is 14.2. The summed E-state index contributed by atoms with van der Waals surface area (Å²) < 4.78 is 14.1. The Balaban J connectivity index is 2.46. The van der Waals surface area contributed by atoms with Gasteiger partial charge in [-0.3, -0.25) is 14.9 Å². The van der Waals surface area contributed by atoms with Crippen LogP contribution in [0.25, 0.3) is 0 Å². The van der Waals surface area contributed by atoms with Gasteiger partial charge in [-0.25, -0.2) is 4.39 Å². The maximum absolute atomic E-state index is 13.7. The van der Waals surface area contributed by atoms with Crippen LogP contribution in [0.5, 0.6) is 0 Å². The van der Waals surface area contributed by atoms with Gasteiger partial charge < -0.3 is 10.6 Å². The van der Waals surface area contributed by atoms with Crippen LogP contribution in [0.2, 0.25) is 0 Å². The summed E-state index contributed by atoms with van der Waals surface area (Å²) in [5, 5.41) is 2.27. The molecule has 1 aliphatic rings. The van der Waals surface area contributed by atoms with Crippen molar-refractivity contribution in [3.05, 3.63) is 21.5 Å². The molecule has 1 saturated heterocycles. The predicted molar refractivity (Wildman–Crippen MR) is 78.1 cm³/mol. The Kier molecular flexibility index (Phi) is 3.93. The first-order valence-corrected chi connectivity index (χ1v) is 6.86. The summed E-state index contributed by atoms with van der Waals surface area (Å²) in [6.07, 6.45) is 0.506. The molecule has 0 saturated carbocycles. The van der Waals surface area contributed by atoms with E-state index in [1.165, 1.54) is 12.1 Å². The van der Waals surface area contributed by atoms with Crippen LogP contribution >= 0.6 is 22.6 Å². The summed E-state index contributed by atoms with van der Waals surface area (Å²) in [4.78, 5) is 24.8. The SMILES string of the molecule is CCC1C(=O)NC(=O)CN1c1cc(F)c(I)cc1N. The monoisotopic (exact) mass is 377 g/mol. The van der Waals surface area contributed by atoms with Gasteiger partial charge in [-0.05, 0) is 35.1 Å². The van der Waals surface area contributed by atoms with E-state index >= 15 is 0 Å². The van der Waals surface area contributed by atoms with Crippen molar-refractivity contribution in [2.45, 2.75) is 19.4 Å². The Morgan fingerprint density at radius 3 is 2.84 bits per heavy atom. The van der Waals surface area contributed by atoms with Crippen LogP contribution in [0.4, 0.5) is 15.8 Å². The van der Waals surface area contributed by atoms with Crippen LogP contribution in [0.3, 0.4) is 0 Å². The molecular weight excluding hydrogens is 364 g/mol. The summed E-state index contributed by atoms with van der Waals surface area (Å²) in [6, 6.07) is 2.25. The second-order valence-electron chi connectivity index (χ2n) is 4.29. The third-order valence-corrected chi connectivity index (χ3v) is 3.85. The Bertz CT molecular complexity index is 550. The fourth-order valence-corrected chi connectivity index (χ4v) is 2.62. The molecule has 19 heavy (non-hydrogen) atoms. The fourth-order valence-electron chi connectivity index (χ4n) is 2.13. The number of halogens is 2. The Labute approximate surface area is 123 Å². The van der Waals surface area contributed by atoms with Gasteiger partial charge in [0.15, 0.2) is 0 Å². The number of benzene rings is 1. The van der Waals surface area contributed by atoms with Crippen LogP contribution in [-0.4, -0.2) is 24.4 Å². The van der Waals surface area contributed by atoms with Gasteiger partial charge in [0.25, 0.3) is 0 Å². The van der Waals surface area contributed by atoms with Gasteiger partial charge in [0.1, 0.15) is 11.9 Å². The number of anilines is 2. The molecule has 2 amide bonds. The maximum atomic E-state index is 13.7. The largest absolute Gasteiger partial charge is 0.397 e. The van der Waals surface area contributed by atoms with E-state index in [0.29, 0.717) is 21.4 Å². The minimum Gasteiger partial charge on any atom is -0.397 e. The number of nitrogen functional groups attached to an aromatic ring is 1. The van der Waals surface area contributed by atoms with Crippen LogP contribution in [-0.2, 0) is 9.59 Å². The van der Waals surface area contributed by atoms with Gasteiger partial charge in [-0.1, -0.05) is 6.92 Å². The highest BCUT2D eigenvalue weighted by Crippen LogP contribution is 2.30. The number of nitrogens with two attached hydrogens (primary N) is 1. The third-order valence-electron chi connectivity index (χ3n) is 3.02. The minimum atomic E-state index is -0.514. The quantitative estimate of drug-likeness (QED) is 0.462. The normalized spacial score (nSPS) is 19.5. The molecule has 1 aliphatic heterocycles. The first-order valence-electron chi connectivity index (χ1n) is 5.79. The second kappa shape index (κ2) is 5.32. The van der Waals surface area contributed by atoms with Gasteiger partial charge in [0, 0.05) is 6.07 Å². The molecule has 5 nitrogen and oxygen atoms in total. The van der Waals surface area contributed by atoms with Crippen LogP contribution in [0, 0.1) is 9.39 Å². The number of carbonyl (C=O) groups is 2. The first-order chi connectivity index (χ1) is 8.93. The molecule has 0 spiro atoms. The Morgan fingerprint density at radius 2 is 2.21 bits per heavy atom. The predicted octanol–water partition coefficient (Wildman–Crippen LogP) is 1.25. The zero-order valence-corrected chi connectivity index (χ0v) is 12.4. The number of imide groups is 1.